The van der Waals surface area contributed by atoms with Gasteiger partial charge in [0.05, 0.1) is 15.8 Å². The normalized spacial score (nSPS) is 12.3. The van der Waals surface area contributed by atoms with Crippen LogP contribution in [0.1, 0.15) is 35.0 Å². The third-order valence-electron chi connectivity index (χ3n) is 4.32. The van der Waals surface area contributed by atoms with Crippen molar-refractivity contribution in [2.75, 3.05) is 12.4 Å². The van der Waals surface area contributed by atoms with Gasteiger partial charge in [-0.05, 0) is 50.5 Å². The molecule has 1 unspecified atom stereocenters. The van der Waals surface area contributed by atoms with Crippen molar-refractivity contribution < 1.29 is 9.53 Å². The fraction of sp³-hybridized carbons (Fsp3) is 0.400. The predicted molar refractivity (Wildman–Crippen MR) is 115 cm³/mol. The van der Waals surface area contributed by atoms with E-state index in [4.69, 9.17) is 9.72 Å². The molecular formula is C20H24N4O2S2. The summed E-state index contributed by atoms with van der Waals surface area (Å²) in [4.78, 5) is 17.5. The molecule has 2 aromatic heterocycles. The van der Waals surface area contributed by atoms with E-state index in [-0.39, 0.29) is 11.2 Å². The van der Waals surface area contributed by atoms with Gasteiger partial charge in [-0.2, -0.15) is 0 Å². The molecular weight excluding hydrogens is 392 g/mol. The highest BCUT2D eigenvalue weighted by Crippen LogP contribution is 2.30. The van der Waals surface area contributed by atoms with Crippen LogP contribution in [0.5, 0.6) is 0 Å². The first-order valence-electron chi connectivity index (χ1n) is 9.08. The van der Waals surface area contributed by atoms with Crippen molar-refractivity contribution in [2.24, 2.45) is 0 Å². The summed E-state index contributed by atoms with van der Waals surface area (Å²) in [5.74, 6) is -0.0900. The first-order chi connectivity index (χ1) is 13.4. The van der Waals surface area contributed by atoms with Gasteiger partial charge in [-0.3, -0.25) is 10.1 Å². The van der Waals surface area contributed by atoms with E-state index in [9.17, 15) is 4.79 Å². The number of carbonyl (C=O) groups is 1. The summed E-state index contributed by atoms with van der Waals surface area (Å²) in [6, 6.07) is 6.36. The topological polar surface area (TPSA) is 77.0 Å². The minimum Gasteiger partial charge on any atom is -0.377 e. The SMILES string of the molecule is CCC(Sc1cc(C)c2cc(C)cc(C)c2n1)C(=O)Nc1nnc(COC)s1. The van der Waals surface area contributed by atoms with Gasteiger partial charge in [0.15, 0.2) is 0 Å². The van der Waals surface area contributed by atoms with Gasteiger partial charge in [0.25, 0.3) is 0 Å². The Hall–Kier alpha value is -2.03. The van der Waals surface area contributed by atoms with Crippen molar-refractivity contribution in [3.05, 3.63) is 39.9 Å². The summed E-state index contributed by atoms with van der Waals surface area (Å²) < 4.78 is 5.04. The molecule has 0 bridgehead atoms. The Morgan fingerprint density at radius 2 is 2.00 bits per heavy atom. The summed E-state index contributed by atoms with van der Waals surface area (Å²) >= 11 is 2.81. The molecule has 0 saturated carbocycles. The predicted octanol–water partition coefficient (Wildman–Crippen LogP) is 4.67. The van der Waals surface area contributed by atoms with Crippen LogP contribution in [0.15, 0.2) is 23.2 Å². The zero-order valence-corrected chi connectivity index (χ0v) is 18.3. The Morgan fingerprint density at radius 3 is 2.71 bits per heavy atom. The number of ether oxygens (including phenoxy) is 1. The summed E-state index contributed by atoms with van der Waals surface area (Å²) in [6.07, 6.45) is 0.686. The number of rotatable bonds is 7. The van der Waals surface area contributed by atoms with Crippen LogP contribution in [-0.4, -0.2) is 33.4 Å². The highest BCUT2D eigenvalue weighted by atomic mass is 32.2. The number of amides is 1. The molecule has 3 aromatic rings. The summed E-state index contributed by atoms with van der Waals surface area (Å²) in [5.41, 5.74) is 4.54. The number of hydrogen-bond acceptors (Lipinski definition) is 7. The van der Waals surface area contributed by atoms with Crippen LogP contribution in [0.2, 0.25) is 0 Å². The molecule has 0 radical (unpaired) electrons. The highest BCUT2D eigenvalue weighted by Gasteiger charge is 2.21. The zero-order valence-electron chi connectivity index (χ0n) is 16.7. The molecule has 3 rings (SSSR count). The van der Waals surface area contributed by atoms with Crippen LogP contribution in [-0.2, 0) is 16.1 Å². The fourth-order valence-electron chi connectivity index (χ4n) is 3.01. The van der Waals surface area contributed by atoms with Crippen molar-refractivity contribution >= 4 is 45.0 Å². The van der Waals surface area contributed by atoms with Crippen LogP contribution in [0.25, 0.3) is 10.9 Å². The van der Waals surface area contributed by atoms with Crippen molar-refractivity contribution in [3.63, 3.8) is 0 Å². The number of carbonyl (C=O) groups excluding carboxylic acids is 1. The minimum atomic E-state index is -0.259. The van der Waals surface area contributed by atoms with Crippen LogP contribution in [0.4, 0.5) is 5.13 Å². The number of hydrogen-bond donors (Lipinski definition) is 1. The van der Waals surface area contributed by atoms with Crippen LogP contribution in [0.3, 0.4) is 0 Å². The smallest absolute Gasteiger partial charge is 0.239 e. The number of benzene rings is 1. The number of fused-ring (bicyclic) bond motifs is 1. The average Bonchev–Trinajstić information content (AvgIpc) is 3.08. The summed E-state index contributed by atoms with van der Waals surface area (Å²) in [6.45, 7) is 8.65. The number of nitrogens with one attached hydrogen (secondary N) is 1. The molecule has 6 nitrogen and oxygen atoms in total. The molecule has 2 heterocycles. The molecule has 148 valence electrons. The maximum Gasteiger partial charge on any atom is 0.239 e. The second-order valence-electron chi connectivity index (χ2n) is 6.69. The van der Waals surface area contributed by atoms with Gasteiger partial charge < -0.3 is 4.74 Å². The maximum atomic E-state index is 12.7. The number of aromatic nitrogens is 3. The van der Waals surface area contributed by atoms with Gasteiger partial charge >= 0.3 is 0 Å². The van der Waals surface area contributed by atoms with E-state index in [0.717, 1.165) is 21.1 Å². The number of anilines is 1. The first-order valence-corrected chi connectivity index (χ1v) is 10.8. The largest absolute Gasteiger partial charge is 0.377 e. The zero-order chi connectivity index (χ0) is 20.3. The number of thioether (sulfide) groups is 1. The molecule has 1 N–H and O–H groups in total. The van der Waals surface area contributed by atoms with Crippen molar-refractivity contribution in [1.29, 1.82) is 0 Å². The van der Waals surface area contributed by atoms with E-state index >= 15 is 0 Å². The molecule has 1 aromatic carbocycles. The molecule has 1 amide bonds. The average molecular weight is 417 g/mol. The lowest BCUT2D eigenvalue weighted by Gasteiger charge is -2.15. The molecule has 0 spiro atoms. The van der Waals surface area contributed by atoms with Gasteiger partial charge in [-0.15, -0.1) is 10.2 Å². The van der Waals surface area contributed by atoms with E-state index in [1.165, 1.54) is 39.6 Å². The van der Waals surface area contributed by atoms with Crippen LogP contribution < -0.4 is 5.32 Å². The Kier molecular flexibility index (Phi) is 6.64. The van der Waals surface area contributed by atoms with E-state index < -0.39 is 0 Å². The van der Waals surface area contributed by atoms with Crippen molar-refractivity contribution in [1.82, 2.24) is 15.2 Å². The molecule has 8 heteroatoms. The van der Waals surface area contributed by atoms with Gasteiger partial charge in [-0.25, -0.2) is 4.98 Å². The Bertz CT molecular complexity index is 1000. The van der Waals surface area contributed by atoms with Crippen LogP contribution in [0, 0.1) is 20.8 Å². The Balaban J connectivity index is 1.79. The molecule has 0 aliphatic carbocycles. The molecule has 28 heavy (non-hydrogen) atoms. The molecule has 0 fully saturated rings. The molecule has 0 saturated heterocycles. The third kappa shape index (κ3) is 4.68. The highest BCUT2D eigenvalue weighted by molar-refractivity contribution is 8.00. The number of nitrogens with zero attached hydrogens (tertiary/aromatic N) is 3. The minimum absolute atomic E-state index is 0.0900. The monoisotopic (exact) mass is 416 g/mol. The van der Waals surface area contributed by atoms with E-state index in [0.29, 0.717) is 18.2 Å². The molecule has 1 atom stereocenters. The lowest BCUT2D eigenvalue weighted by Crippen LogP contribution is -2.24. The summed E-state index contributed by atoms with van der Waals surface area (Å²) in [5, 5.41) is 13.9. The fourth-order valence-corrected chi connectivity index (χ4v) is 4.74. The van der Waals surface area contributed by atoms with Gasteiger partial charge in [0, 0.05) is 12.5 Å². The molecule has 0 aliphatic heterocycles. The van der Waals surface area contributed by atoms with E-state index in [2.05, 4.69) is 54.5 Å². The number of pyridine rings is 1. The van der Waals surface area contributed by atoms with Crippen molar-refractivity contribution in [3.8, 4) is 0 Å². The van der Waals surface area contributed by atoms with Crippen molar-refractivity contribution in [2.45, 2.75) is 51.0 Å². The van der Waals surface area contributed by atoms with E-state index in [1.54, 1.807) is 7.11 Å². The number of methoxy groups -OCH3 is 1. The Labute approximate surface area is 173 Å². The van der Waals surface area contributed by atoms with E-state index in [1.807, 2.05) is 6.92 Å². The summed E-state index contributed by atoms with van der Waals surface area (Å²) in [7, 11) is 1.60. The lowest BCUT2D eigenvalue weighted by molar-refractivity contribution is -0.115. The first kappa shape index (κ1) is 20.7. The Morgan fingerprint density at radius 1 is 1.21 bits per heavy atom. The second-order valence-corrected chi connectivity index (χ2v) is 8.98. The standard InChI is InChI=1S/C20H24N4O2S2/c1-6-15(19(25)22-20-24-23-17(28-20)10-26-5)27-16-9-12(3)14-8-11(2)7-13(4)18(14)21-16/h7-9,15H,6,10H2,1-5H3,(H,22,24,25). The van der Waals surface area contributed by atoms with Gasteiger partial charge in [0.2, 0.25) is 11.0 Å². The lowest BCUT2D eigenvalue weighted by atomic mass is 10.0. The van der Waals surface area contributed by atoms with Gasteiger partial charge in [-0.1, -0.05) is 41.7 Å². The van der Waals surface area contributed by atoms with Crippen LogP contribution >= 0.6 is 23.1 Å². The second kappa shape index (κ2) is 8.98. The van der Waals surface area contributed by atoms with Gasteiger partial charge in [0.1, 0.15) is 11.6 Å². The molecule has 0 aliphatic rings. The number of aryl methyl sites for hydroxylation is 3. The third-order valence-corrected chi connectivity index (χ3v) is 6.42. The maximum absolute atomic E-state index is 12.7. The quantitative estimate of drug-likeness (QED) is 0.564.